The zero-order valence-corrected chi connectivity index (χ0v) is 47.5. The van der Waals surface area contributed by atoms with E-state index >= 15 is 0 Å². The van der Waals surface area contributed by atoms with Crippen LogP contribution in [0.4, 0.5) is 0 Å². The third-order valence-corrected chi connectivity index (χ3v) is 16.2. The van der Waals surface area contributed by atoms with Crippen molar-refractivity contribution in [2.24, 2.45) is 0 Å². The second-order valence-electron chi connectivity index (χ2n) is 21.8. The van der Waals surface area contributed by atoms with E-state index in [1.54, 1.807) is 48.5 Å². The van der Waals surface area contributed by atoms with Crippen molar-refractivity contribution in [2.75, 3.05) is 0 Å². The van der Waals surface area contributed by atoms with Gasteiger partial charge in [0.25, 0.3) is 0 Å². The number of benzene rings is 4. The fraction of sp³-hybridized carbons (Fsp3) is 0.0588. The van der Waals surface area contributed by atoms with E-state index in [-0.39, 0.29) is 0 Å². The monoisotopic (exact) mass is 1160 g/mol. The zero-order valence-electron chi connectivity index (χ0n) is 47.5. The van der Waals surface area contributed by atoms with Crippen molar-refractivity contribution in [2.45, 2.75) is 26.2 Å². The first kappa shape index (κ1) is 57.1. The van der Waals surface area contributed by atoms with Gasteiger partial charge < -0.3 is 50.2 Å². The second kappa shape index (κ2) is 24.8. The van der Waals surface area contributed by atoms with Gasteiger partial charge >= 0.3 is 28.5 Å². The molecule has 0 amide bonds. The van der Waals surface area contributed by atoms with Crippen molar-refractivity contribution in [3.63, 3.8) is 0 Å². The van der Waals surface area contributed by atoms with E-state index < -0.39 is 28.5 Å². The number of nitrogens with one attached hydrogen (secondary N) is 2. The topological polar surface area (TPSA) is 235 Å². The number of rotatable bonds is 16. The summed E-state index contributed by atoms with van der Waals surface area (Å²) in [5.41, 5.74) is 17.5. The van der Waals surface area contributed by atoms with E-state index in [4.69, 9.17) is 9.97 Å². The highest BCUT2D eigenvalue weighted by Crippen LogP contribution is 2.38. The molecule has 2 aliphatic rings. The lowest BCUT2D eigenvalue weighted by Crippen LogP contribution is -2.40. The average molecular weight is 1160 g/mol. The number of H-pyrrole nitrogens is 2. The van der Waals surface area contributed by atoms with E-state index in [1.165, 1.54) is 0 Å². The first-order valence-electron chi connectivity index (χ1n) is 28.8. The largest absolute Gasteiger partial charge is 0.488 e. The van der Waals surface area contributed by atoms with Gasteiger partial charge in [0.15, 0.2) is 75.8 Å². The van der Waals surface area contributed by atoms with Crippen molar-refractivity contribution in [3.05, 3.63) is 264 Å². The molecule has 20 heteroatoms. The van der Waals surface area contributed by atoms with Gasteiger partial charge in [0.05, 0.1) is 22.8 Å². The van der Waals surface area contributed by atoms with Crippen LogP contribution in [-0.2, 0) is 26.2 Å². The van der Waals surface area contributed by atoms with Crippen LogP contribution in [0.25, 0.3) is 90.9 Å². The van der Waals surface area contributed by atoms with Crippen LogP contribution in [0, 0.1) is 0 Å². The summed E-state index contributed by atoms with van der Waals surface area (Å²) in [4.78, 5) is 18.7. The molecular weight excluding hydrogens is 1100 g/mol. The summed E-state index contributed by atoms with van der Waals surface area (Å²) in [5, 5.41) is 81.6. The van der Waals surface area contributed by atoms with E-state index in [0.29, 0.717) is 70.8 Å². The predicted octanol–water partition coefficient (Wildman–Crippen LogP) is 3.39. The fourth-order valence-electron chi connectivity index (χ4n) is 11.8. The molecule has 0 atom stereocenters. The Hall–Kier alpha value is -9.98. The Kier molecular flexibility index (Phi) is 16.1. The molecule has 13 rings (SSSR count). The van der Waals surface area contributed by atoms with Gasteiger partial charge in [0, 0.05) is 115 Å². The Labute approximate surface area is 507 Å². The minimum absolute atomic E-state index is 0.392. The molecule has 0 spiro atoms. The summed E-state index contributed by atoms with van der Waals surface area (Å²) in [5.74, 6) is 0. The molecule has 2 aliphatic heterocycles. The van der Waals surface area contributed by atoms with Gasteiger partial charge in [-0.05, 0) is 92.7 Å². The maximum atomic E-state index is 10.2. The Balaban J connectivity index is 1.02. The molecule has 7 aromatic heterocycles. The second-order valence-corrected chi connectivity index (χ2v) is 21.8. The lowest BCUT2D eigenvalue weighted by molar-refractivity contribution is -0.688. The van der Waals surface area contributed by atoms with Crippen molar-refractivity contribution in [3.8, 4) is 44.5 Å². The molecule has 0 saturated carbocycles. The van der Waals surface area contributed by atoms with E-state index in [2.05, 4.69) is 34.2 Å². The Morgan fingerprint density at radius 3 is 0.773 bits per heavy atom. The minimum Gasteiger partial charge on any atom is -0.423 e. The molecule has 4 aromatic carbocycles. The third-order valence-electron chi connectivity index (χ3n) is 16.2. The minimum atomic E-state index is -1.62. The summed E-state index contributed by atoms with van der Waals surface area (Å²) in [6.45, 7) is 1.59. The highest BCUT2D eigenvalue weighted by atomic mass is 16.4. The lowest BCUT2D eigenvalue weighted by atomic mass is 9.77. The summed E-state index contributed by atoms with van der Waals surface area (Å²) in [6, 6.07) is 53.6. The summed E-state index contributed by atoms with van der Waals surface area (Å²) in [7, 11) is -6.48. The predicted molar refractivity (Wildman–Crippen MR) is 343 cm³/mol. The number of aromatic amines is 2. The highest BCUT2D eigenvalue weighted by molar-refractivity contribution is 6.60. The molecular formula is C68H58B4N8O8+4. The van der Waals surface area contributed by atoms with Crippen molar-refractivity contribution in [1.82, 2.24) is 19.9 Å². The fourth-order valence-corrected chi connectivity index (χ4v) is 11.8. The first-order chi connectivity index (χ1) is 42.9. The van der Waals surface area contributed by atoms with E-state index in [9.17, 15) is 40.2 Å². The highest BCUT2D eigenvalue weighted by Gasteiger charge is 2.25. The standard InChI is InChI=1S/C68H57B4N8O8/c81-69(82)53-13-5-1-9-49(53)41-77-33-25-45(26-34-77)65-57-17-19-59(73-57)66(46-27-35-78(36-28-46)42-50-10-2-6-14-54(50)70(83)84)61-21-23-63(75-61)68(48-31-39-80(40-32-48)44-52-12-4-8-16-56(52)72(87)88)64-24-22-62(76-64)67(60-20-18-58(65)74-60)47-29-37-79(38-30-47)43-51-11-3-7-15-55(51)71(85)86/h1-40,81-88H,41-44H2,(H,73,74,75,76)/q+3/p+1. The molecule has 0 saturated heterocycles. The van der Waals surface area contributed by atoms with Crippen molar-refractivity contribution < 1.29 is 58.5 Å². The normalized spacial score (nSPS) is 11.7. The Morgan fingerprint density at radius 2 is 0.500 bits per heavy atom. The van der Waals surface area contributed by atoms with Crippen LogP contribution in [0.1, 0.15) is 45.0 Å². The molecule has 11 aromatic rings. The Morgan fingerprint density at radius 1 is 0.273 bits per heavy atom. The van der Waals surface area contributed by atoms with Gasteiger partial charge in [-0.25, -0.2) is 28.2 Å². The van der Waals surface area contributed by atoms with Crippen LogP contribution in [0.15, 0.2) is 219 Å². The lowest BCUT2D eigenvalue weighted by Gasteiger charge is -2.08. The number of fused-ring (bicyclic) bond motifs is 8. The molecule has 0 unspecified atom stereocenters. The molecule has 9 heterocycles. The van der Waals surface area contributed by atoms with Crippen LogP contribution >= 0.6 is 0 Å². The molecule has 16 nitrogen and oxygen atoms in total. The molecule has 8 bridgehead atoms. The molecule has 0 radical (unpaired) electrons. The zero-order chi connectivity index (χ0) is 60.4. The van der Waals surface area contributed by atoms with Gasteiger partial charge in [-0.2, -0.15) is 0 Å². The van der Waals surface area contributed by atoms with Gasteiger partial charge in [0.2, 0.25) is 0 Å². The number of nitrogens with zero attached hydrogens (tertiary/aromatic N) is 6. The van der Waals surface area contributed by atoms with E-state index in [0.717, 1.165) is 88.8 Å². The third kappa shape index (κ3) is 11.8. The summed E-state index contributed by atoms with van der Waals surface area (Å²) >= 11 is 0. The average Bonchev–Trinajstić information content (AvgIpc) is 2.62. The van der Waals surface area contributed by atoms with Crippen LogP contribution < -0.4 is 40.1 Å². The van der Waals surface area contributed by atoms with E-state index in [1.807, 2.05) is 189 Å². The summed E-state index contributed by atoms with van der Waals surface area (Å²) < 4.78 is 7.97. The Bertz CT molecular complexity index is 4460. The van der Waals surface area contributed by atoms with Gasteiger partial charge in [-0.15, -0.1) is 0 Å². The van der Waals surface area contributed by atoms with Crippen LogP contribution in [0.5, 0.6) is 0 Å². The van der Waals surface area contributed by atoms with Crippen molar-refractivity contribution >= 4 is 96.7 Å². The quantitative estimate of drug-likeness (QED) is 0.0501. The van der Waals surface area contributed by atoms with Gasteiger partial charge in [-0.3, -0.25) is 0 Å². The van der Waals surface area contributed by atoms with Gasteiger partial charge in [0.1, 0.15) is 0 Å². The number of hydrogen-bond donors (Lipinski definition) is 10. The van der Waals surface area contributed by atoms with Crippen LogP contribution in [0.2, 0.25) is 0 Å². The molecule has 10 N–H and O–H groups in total. The smallest absolute Gasteiger partial charge is 0.423 e. The maximum absolute atomic E-state index is 10.2. The SMILES string of the molecule is OB(O)c1ccccc1C[n+]1ccc(-c2c3nc(c(-c4cc[n+](Cc5ccccc5B(O)O)cc4)c4ccc([nH]4)c(-c4cc[n+](Cc5ccccc5B(O)O)cc4)c4ccc([nH]4)c(-c4cc[n+](Cc5ccccc5B(O)O)cc4)c4nc2C=C4)C=C3)cc1. The molecule has 0 aliphatic carbocycles. The number of hydrogen-bond acceptors (Lipinski definition) is 10. The first-order valence-corrected chi connectivity index (χ1v) is 28.8. The molecule has 88 heavy (non-hydrogen) atoms. The molecule has 0 fully saturated rings. The van der Waals surface area contributed by atoms with Crippen LogP contribution in [0.3, 0.4) is 0 Å². The number of pyridine rings is 4. The number of aromatic nitrogens is 8. The maximum Gasteiger partial charge on any atom is 0.488 e. The van der Waals surface area contributed by atoms with Gasteiger partial charge in [-0.1, -0.05) is 97.1 Å². The van der Waals surface area contributed by atoms with Crippen LogP contribution in [-0.4, -0.2) is 88.6 Å². The molecule has 426 valence electrons. The van der Waals surface area contributed by atoms with Crippen molar-refractivity contribution in [1.29, 1.82) is 0 Å². The summed E-state index contributed by atoms with van der Waals surface area (Å²) in [6.07, 6.45) is 23.9.